The molecule has 1 aliphatic heterocycles. The molecule has 1 amide bonds. The number of likely N-dealkylation sites (tertiary alicyclic amines) is 1. The Hall–Kier alpha value is -1.86. The molecule has 0 saturated carbocycles. The summed E-state index contributed by atoms with van der Waals surface area (Å²) < 4.78 is 5.03. The van der Waals surface area contributed by atoms with Crippen LogP contribution >= 0.6 is 11.8 Å². The van der Waals surface area contributed by atoms with E-state index in [1.807, 2.05) is 6.07 Å². The first kappa shape index (κ1) is 16.0. The highest BCUT2D eigenvalue weighted by molar-refractivity contribution is 7.99. The van der Waals surface area contributed by atoms with Crippen molar-refractivity contribution in [3.8, 4) is 0 Å². The number of thioether (sulfide) groups is 1. The van der Waals surface area contributed by atoms with Crippen LogP contribution in [-0.4, -0.2) is 46.4 Å². The van der Waals surface area contributed by atoms with E-state index in [1.54, 1.807) is 30.0 Å². The van der Waals surface area contributed by atoms with Crippen molar-refractivity contribution < 1.29 is 9.21 Å². The van der Waals surface area contributed by atoms with E-state index in [4.69, 9.17) is 4.42 Å². The lowest BCUT2D eigenvalue weighted by molar-refractivity contribution is 0.0996. The van der Waals surface area contributed by atoms with Gasteiger partial charge in [0.25, 0.3) is 5.91 Å². The summed E-state index contributed by atoms with van der Waals surface area (Å²) >= 11 is 1.69. The van der Waals surface area contributed by atoms with E-state index in [2.05, 4.69) is 20.4 Å². The van der Waals surface area contributed by atoms with Gasteiger partial charge in [-0.15, -0.1) is 22.0 Å². The highest BCUT2D eigenvalue weighted by atomic mass is 32.2. The van der Waals surface area contributed by atoms with E-state index >= 15 is 0 Å². The molecule has 0 bridgehead atoms. The first-order valence-electron chi connectivity index (χ1n) is 7.85. The minimum atomic E-state index is -0.324. The molecule has 1 aliphatic rings. The summed E-state index contributed by atoms with van der Waals surface area (Å²) in [6.45, 7) is 3.51. The Labute approximate surface area is 139 Å². The van der Waals surface area contributed by atoms with E-state index in [9.17, 15) is 4.79 Å². The summed E-state index contributed by atoms with van der Waals surface area (Å²) in [6, 6.07) is 6.92. The van der Waals surface area contributed by atoms with Gasteiger partial charge in [-0.05, 0) is 50.2 Å². The van der Waals surface area contributed by atoms with Crippen molar-refractivity contribution in [1.82, 2.24) is 15.1 Å². The third-order valence-corrected chi connectivity index (χ3v) is 4.63. The molecular formula is C16H20N4O2S. The number of aromatic nitrogens is 2. The lowest BCUT2D eigenvalue weighted by Crippen LogP contribution is -2.31. The van der Waals surface area contributed by atoms with Crippen LogP contribution in [0, 0.1) is 0 Å². The lowest BCUT2D eigenvalue weighted by atomic mass is 10.1. The van der Waals surface area contributed by atoms with Gasteiger partial charge in [0.2, 0.25) is 0 Å². The topological polar surface area (TPSA) is 71.3 Å². The second-order valence-electron chi connectivity index (χ2n) is 5.44. The van der Waals surface area contributed by atoms with Crippen LogP contribution in [0.15, 0.2) is 40.0 Å². The van der Waals surface area contributed by atoms with Gasteiger partial charge >= 0.3 is 0 Å². The molecule has 0 aromatic carbocycles. The third kappa shape index (κ3) is 4.80. The number of nitrogens with one attached hydrogen (secondary N) is 1. The largest absolute Gasteiger partial charge is 0.459 e. The van der Waals surface area contributed by atoms with Gasteiger partial charge in [-0.3, -0.25) is 4.79 Å². The number of carbonyl (C=O) groups is 1. The average molecular weight is 332 g/mol. The van der Waals surface area contributed by atoms with Gasteiger partial charge in [0.05, 0.1) is 6.26 Å². The molecule has 0 spiro atoms. The first-order valence-corrected chi connectivity index (χ1v) is 8.83. The van der Waals surface area contributed by atoms with E-state index in [1.165, 1.54) is 38.6 Å². The van der Waals surface area contributed by atoms with Crippen molar-refractivity contribution >= 4 is 23.5 Å². The SMILES string of the molecule is O=C(Nc1ccc(SCCN2CCCCC2)nn1)c1ccco1. The van der Waals surface area contributed by atoms with Crippen molar-refractivity contribution in [2.75, 3.05) is 30.7 Å². The van der Waals surface area contributed by atoms with Gasteiger partial charge in [0, 0.05) is 12.3 Å². The molecule has 3 heterocycles. The fraction of sp³-hybridized carbons (Fsp3) is 0.438. The van der Waals surface area contributed by atoms with Gasteiger partial charge in [0.1, 0.15) is 5.03 Å². The van der Waals surface area contributed by atoms with Crippen molar-refractivity contribution in [1.29, 1.82) is 0 Å². The summed E-state index contributed by atoms with van der Waals surface area (Å²) in [7, 11) is 0. The summed E-state index contributed by atoms with van der Waals surface area (Å²) in [4.78, 5) is 14.3. The Kier molecular flexibility index (Phi) is 5.65. The average Bonchev–Trinajstić information content (AvgIpc) is 3.12. The zero-order chi connectivity index (χ0) is 15.9. The summed E-state index contributed by atoms with van der Waals surface area (Å²) in [5, 5.41) is 11.7. The van der Waals surface area contributed by atoms with Crippen molar-refractivity contribution in [2.45, 2.75) is 24.3 Å². The quantitative estimate of drug-likeness (QED) is 0.820. The van der Waals surface area contributed by atoms with E-state index in [-0.39, 0.29) is 11.7 Å². The van der Waals surface area contributed by atoms with Crippen LogP contribution in [0.5, 0.6) is 0 Å². The predicted octanol–water partition coefficient (Wildman–Crippen LogP) is 2.90. The maximum absolute atomic E-state index is 11.8. The summed E-state index contributed by atoms with van der Waals surface area (Å²) in [5.74, 6) is 1.36. The molecule has 0 aliphatic carbocycles. The number of rotatable bonds is 6. The molecule has 1 saturated heterocycles. The Morgan fingerprint density at radius 1 is 1.22 bits per heavy atom. The molecule has 0 radical (unpaired) electrons. The molecular weight excluding hydrogens is 312 g/mol. The second kappa shape index (κ2) is 8.12. The molecule has 23 heavy (non-hydrogen) atoms. The zero-order valence-electron chi connectivity index (χ0n) is 12.9. The maximum atomic E-state index is 11.8. The minimum absolute atomic E-state index is 0.256. The number of nitrogens with zero attached hydrogens (tertiary/aromatic N) is 3. The number of hydrogen-bond acceptors (Lipinski definition) is 6. The van der Waals surface area contributed by atoms with Crippen molar-refractivity contribution in [2.24, 2.45) is 0 Å². The van der Waals surface area contributed by atoms with Gasteiger partial charge in [0.15, 0.2) is 11.6 Å². The van der Waals surface area contributed by atoms with Crippen LogP contribution in [0.1, 0.15) is 29.8 Å². The molecule has 0 atom stereocenters. The number of furan rings is 1. The van der Waals surface area contributed by atoms with Crippen molar-refractivity contribution in [3.63, 3.8) is 0 Å². The molecule has 6 nitrogen and oxygen atoms in total. The second-order valence-corrected chi connectivity index (χ2v) is 6.55. The van der Waals surface area contributed by atoms with Crippen LogP contribution < -0.4 is 5.32 Å². The van der Waals surface area contributed by atoms with Crippen LogP contribution in [0.2, 0.25) is 0 Å². The number of carbonyl (C=O) groups excluding carboxylic acids is 1. The number of amides is 1. The summed E-state index contributed by atoms with van der Waals surface area (Å²) in [5.41, 5.74) is 0. The molecule has 122 valence electrons. The minimum Gasteiger partial charge on any atom is -0.459 e. The molecule has 3 rings (SSSR count). The Bertz CT molecular complexity index is 610. The summed E-state index contributed by atoms with van der Waals surface area (Å²) in [6.07, 6.45) is 5.45. The molecule has 0 unspecified atom stereocenters. The van der Waals surface area contributed by atoms with Crippen molar-refractivity contribution in [3.05, 3.63) is 36.3 Å². The Morgan fingerprint density at radius 3 is 2.78 bits per heavy atom. The fourth-order valence-corrected chi connectivity index (χ4v) is 3.33. The number of piperidine rings is 1. The van der Waals surface area contributed by atoms with Crippen LogP contribution in [-0.2, 0) is 0 Å². The van der Waals surface area contributed by atoms with Crippen LogP contribution in [0.3, 0.4) is 0 Å². The third-order valence-electron chi connectivity index (χ3n) is 3.73. The molecule has 2 aromatic rings. The fourth-order valence-electron chi connectivity index (χ4n) is 2.51. The lowest BCUT2D eigenvalue weighted by Gasteiger charge is -2.25. The van der Waals surface area contributed by atoms with E-state index in [0.717, 1.165) is 17.3 Å². The molecule has 2 aromatic heterocycles. The van der Waals surface area contributed by atoms with E-state index in [0.29, 0.717) is 5.82 Å². The highest BCUT2D eigenvalue weighted by Crippen LogP contribution is 2.17. The monoisotopic (exact) mass is 332 g/mol. The molecule has 1 fully saturated rings. The van der Waals surface area contributed by atoms with Crippen LogP contribution in [0.4, 0.5) is 5.82 Å². The maximum Gasteiger partial charge on any atom is 0.292 e. The normalized spacial score (nSPS) is 15.5. The van der Waals surface area contributed by atoms with Gasteiger partial charge in [-0.1, -0.05) is 6.42 Å². The van der Waals surface area contributed by atoms with E-state index < -0.39 is 0 Å². The zero-order valence-corrected chi connectivity index (χ0v) is 13.7. The number of anilines is 1. The standard InChI is InChI=1S/C16H20N4O2S/c21-16(13-5-4-11-22-13)17-14-6-7-15(19-18-14)23-12-10-20-8-2-1-3-9-20/h4-7,11H,1-3,8-10,12H2,(H,17,18,21). The van der Waals surface area contributed by atoms with Gasteiger partial charge in [-0.2, -0.15) is 0 Å². The van der Waals surface area contributed by atoms with Gasteiger partial charge < -0.3 is 14.6 Å². The smallest absolute Gasteiger partial charge is 0.292 e. The number of hydrogen-bond donors (Lipinski definition) is 1. The van der Waals surface area contributed by atoms with Gasteiger partial charge in [-0.25, -0.2) is 0 Å². The highest BCUT2D eigenvalue weighted by Gasteiger charge is 2.11. The first-order chi connectivity index (χ1) is 11.3. The van der Waals surface area contributed by atoms with Crippen LogP contribution in [0.25, 0.3) is 0 Å². The molecule has 1 N–H and O–H groups in total. The Morgan fingerprint density at radius 2 is 2.09 bits per heavy atom. The Balaban J connectivity index is 1.44. The predicted molar refractivity (Wildman–Crippen MR) is 89.7 cm³/mol. The molecule has 7 heteroatoms.